The van der Waals surface area contributed by atoms with Crippen molar-refractivity contribution in [1.29, 1.82) is 0 Å². The maximum absolute atomic E-state index is 7.16. The van der Waals surface area contributed by atoms with Gasteiger partial charge in [-0.1, -0.05) is 12.5 Å². The van der Waals surface area contributed by atoms with Crippen LogP contribution in [0.3, 0.4) is 0 Å². The highest BCUT2D eigenvalue weighted by Gasteiger charge is 2.72. The van der Waals surface area contributed by atoms with Gasteiger partial charge in [0, 0.05) is 84.7 Å². The van der Waals surface area contributed by atoms with Crippen LogP contribution in [0, 0.1) is 0 Å². The van der Waals surface area contributed by atoms with Crippen LogP contribution in [0.15, 0.2) is 12.3 Å². The lowest BCUT2D eigenvalue weighted by atomic mass is 9.98. The molecule has 0 bridgehead atoms. The Morgan fingerprint density at radius 1 is 0.706 bits per heavy atom. The lowest BCUT2D eigenvalue weighted by molar-refractivity contribution is -0.446. The maximum atomic E-state index is 7.16. The smallest absolute Gasteiger partial charge is 0.258 e. The third-order valence-corrected chi connectivity index (χ3v) is 8.32. The maximum Gasteiger partial charge on any atom is 0.258 e. The van der Waals surface area contributed by atoms with E-state index in [1.165, 1.54) is 19.3 Å². The first-order valence-electron chi connectivity index (χ1n) is 13.5. The Balaban J connectivity index is 1.54. The summed E-state index contributed by atoms with van der Waals surface area (Å²) in [4.78, 5) is 5.51. The summed E-state index contributed by atoms with van der Waals surface area (Å²) in [6.07, 6.45) is 9.20. The molecule has 6 aliphatic heterocycles. The van der Waals surface area contributed by atoms with Crippen molar-refractivity contribution in [2.45, 2.75) is 37.3 Å². The first-order valence-corrected chi connectivity index (χ1v) is 13.5. The number of piperazine rings is 1. The Morgan fingerprint density at radius 3 is 2.21 bits per heavy atom. The van der Waals surface area contributed by atoms with E-state index in [0.29, 0.717) is 6.61 Å². The fourth-order valence-corrected chi connectivity index (χ4v) is 6.97. The molecule has 6 rings (SSSR count). The first kappa shape index (κ1) is 23.5. The van der Waals surface area contributed by atoms with Crippen molar-refractivity contribution < 1.29 is 9.47 Å². The minimum atomic E-state index is -0.710. The van der Waals surface area contributed by atoms with E-state index in [0.717, 1.165) is 98.2 Å². The van der Waals surface area contributed by atoms with Crippen LogP contribution in [0.5, 0.6) is 0 Å². The molecule has 0 saturated carbocycles. The molecular weight excluding hydrogens is 434 g/mol. The largest absolute Gasteiger partial charge is 0.379 e. The molecule has 2 atom stereocenters. The van der Waals surface area contributed by atoms with E-state index >= 15 is 0 Å². The molecule has 2 unspecified atom stereocenters. The van der Waals surface area contributed by atoms with Crippen LogP contribution in [0.2, 0.25) is 0 Å². The average molecular weight is 478 g/mol. The molecule has 6 heterocycles. The number of nitrogens with one attached hydrogen (secondary N) is 3. The summed E-state index contributed by atoms with van der Waals surface area (Å²) >= 11 is 0. The van der Waals surface area contributed by atoms with Crippen molar-refractivity contribution in [2.24, 2.45) is 0 Å². The third-order valence-electron chi connectivity index (χ3n) is 8.32. The zero-order valence-electron chi connectivity index (χ0n) is 20.6. The molecule has 0 amide bonds. The van der Waals surface area contributed by atoms with Gasteiger partial charge in [-0.3, -0.25) is 15.2 Å². The van der Waals surface area contributed by atoms with Crippen molar-refractivity contribution in [3.8, 4) is 0 Å². The van der Waals surface area contributed by atoms with Gasteiger partial charge in [0.05, 0.1) is 19.8 Å². The second-order valence-electron chi connectivity index (χ2n) is 10.1. The molecule has 34 heavy (non-hydrogen) atoms. The molecule has 3 N–H and O–H groups in total. The van der Waals surface area contributed by atoms with Crippen LogP contribution >= 0.6 is 0 Å². The Kier molecular flexibility index (Phi) is 7.10. The number of hydrogen-bond acceptors (Lipinski definition) is 11. The molecule has 0 spiro atoms. The molecule has 192 valence electrons. The van der Waals surface area contributed by atoms with E-state index < -0.39 is 11.6 Å². The quantitative estimate of drug-likeness (QED) is 0.448. The number of hydrazine groups is 3. The van der Waals surface area contributed by atoms with Crippen molar-refractivity contribution in [3.05, 3.63) is 12.3 Å². The van der Waals surface area contributed by atoms with Gasteiger partial charge in [-0.15, -0.1) is 0 Å². The third kappa shape index (κ3) is 3.73. The minimum Gasteiger partial charge on any atom is -0.379 e. The van der Waals surface area contributed by atoms with E-state index in [2.05, 4.69) is 58.3 Å². The molecule has 6 aliphatic rings. The molecule has 0 aromatic carbocycles. The summed E-state index contributed by atoms with van der Waals surface area (Å²) in [5.41, 5.74) is 7.37. The second kappa shape index (κ2) is 10.3. The average Bonchev–Trinajstić information content (AvgIpc) is 3.65. The summed E-state index contributed by atoms with van der Waals surface area (Å²) in [6.45, 7) is 13.9. The molecule has 5 saturated heterocycles. The van der Waals surface area contributed by atoms with Gasteiger partial charge in [-0.2, -0.15) is 10.0 Å². The van der Waals surface area contributed by atoms with E-state index in [1.54, 1.807) is 0 Å². The van der Waals surface area contributed by atoms with Crippen molar-refractivity contribution >= 4 is 0 Å². The number of piperidine rings is 1. The van der Waals surface area contributed by atoms with Gasteiger partial charge in [0.15, 0.2) is 0 Å². The first-order chi connectivity index (χ1) is 16.9. The standard InChI is InChI=1S/C23H43N9O2/c1-2-10-27(11-3-1)22(28-14-8-24-9-15-28)23(30-12-4-6-25-30,31-13-5-7-26-31)34-21-18-32(22)29-16-19-33-20-17-29/h4,6,24-26H,1-3,5,7-21H2. The number of nitrogens with zero attached hydrogens (tertiary/aromatic N) is 6. The molecule has 0 aromatic heterocycles. The summed E-state index contributed by atoms with van der Waals surface area (Å²) in [7, 11) is 0. The number of likely N-dealkylation sites (tertiary alicyclic amines) is 1. The molecule has 11 nitrogen and oxygen atoms in total. The summed E-state index contributed by atoms with van der Waals surface area (Å²) in [6, 6.07) is 0. The fourth-order valence-electron chi connectivity index (χ4n) is 6.97. The Bertz CT molecular complexity index is 673. The molecule has 0 aliphatic carbocycles. The van der Waals surface area contributed by atoms with Gasteiger partial charge in [-0.05, 0) is 19.3 Å². The van der Waals surface area contributed by atoms with Crippen molar-refractivity contribution in [2.75, 3.05) is 98.4 Å². The normalized spacial score (nSPS) is 38.5. The number of hydrogen-bond donors (Lipinski definition) is 3. The van der Waals surface area contributed by atoms with E-state index in [-0.39, 0.29) is 0 Å². The zero-order chi connectivity index (χ0) is 22.8. The van der Waals surface area contributed by atoms with E-state index in [9.17, 15) is 0 Å². The Morgan fingerprint density at radius 2 is 1.50 bits per heavy atom. The number of ether oxygens (including phenoxy) is 2. The monoisotopic (exact) mass is 477 g/mol. The lowest BCUT2D eigenvalue weighted by Crippen LogP contribution is -2.93. The topological polar surface area (TPSA) is 74.0 Å². The van der Waals surface area contributed by atoms with Crippen molar-refractivity contribution in [3.63, 3.8) is 0 Å². The van der Waals surface area contributed by atoms with Crippen LogP contribution in [-0.2, 0) is 9.47 Å². The van der Waals surface area contributed by atoms with Crippen molar-refractivity contribution in [1.82, 2.24) is 46.0 Å². The van der Waals surface area contributed by atoms with Gasteiger partial charge in [0.25, 0.3) is 5.85 Å². The lowest BCUT2D eigenvalue weighted by Gasteiger charge is -2.70. The highest BCUT2D eigenvalue weighted by atomic mass is 16.6. The van der Waals surface area contributed by atoms with Gasteiger partial charge in [0.2, 0.25) is 5.79 Å². The van der Waals surface area contributed by atoms with Crippen LogP contribution in [-0.4, -0.2) is 140 Å². The second-order valence-corrected chi connectivity index (χ2v) is 10.1. The highest BCUT2D eigenvalue weighted by Crippen LogP contribution is 2.47. The summed E-state index contributed by atoms with van der Waals surface area (Å²) in [5.74, 6) is -1.18. The van der Waals surface area contributed by atoms with Crippen LogP contribution < -0.4 is 16.2 Å². The number of rotatable bonds is 5. The molecule has 11 heteroatoms. The minimum absolute atomic E-state index is 0.471. The number of morpholine rings is 2. The summed E-state index contributed by atoms with van der Waals surface area (Å²) < 4.78 is 13.0. The van der Waals surface area contributed by atoms with Gasteiger partial charge in [-0.25, -0.2) is 10.0 Å². The zero-order valence-corrected chi connectivity index (χ0v) is 20.6. The highest BCUT2D eigenvalue weighted by molar-refractivity contribution is 5.11. The van der Waals surface area contributed by atoms with Crippen LogP contribution in [0.1, 0.15) is 25.7 Å². The van der Waals surface area contributed by atoms with Gasteiger partial charge < -0.3 is 20.2 Å². The van der Waals surface area contributed by atoms with E-state index in [4.69, 9.17) is 9.47 Å². The Labute approximate surface area is 203 Å². The van der Waals surface area contributed by atoms with Crippen LogP contribution in [0.25, 0.3) is 0 Å². The molecular formula is C23H43N9O2. The predicted octanol–water partition coefficient (Wildman–Crippen LogP) is -1.19. The van der Waals surface area contributed by atoms with Gasteiger partial charge >= 0.3 is 0 Å². The molecule has 0 aromatic rings. The molecule has 0 radical (unpaired) electrons. The Hall–Kier alpha value is -0.860. The SMILES string of the molecule is C1=CNN(C2(N3CCCN3)OCCN(N3CCOCC3)C2(N2CCCCC2)N2CCNCC2)C1. The van der Waals surface area contributed by atoms with E-state index in [1.807, 2.05) is 0 Å². The van der Waals surface area contributed by atoms with Crippen LogP contribution in [0.4, 0.5) is 0 Å². The van der Waals surface area contributed by atoms with Gasteiger partial charge in [0.1, 0.15) is 0 Å². The predicted molar refractivity (Wildman–Crippen MR) is 129 cm³/mol. The molecule has 5 fully saturated rings. The summed E-state index contributed by atoms with van der Waals surface area (Å²) in [5, 5.41) is 13.7. The fraction of sp³-hybridized carbons (Fsp3) is 0.913.